The zero-order valence-corrected chi connectivity index (χ0v) is 24.3. The van der Waals surface area contributed by atoms with Gasteiger partial charge in [-0.3, -0.25) is 4.79 Å². The standard InChI is InChI=1S/C31H44O11/c32-30(29-9-5-2-6-10-29)31(33)42-26-25-40-22-21-38-18-17-36-14-13-34-11-12-35-15-16-37-19-20-39-23-24-41-27-28-7-3-1-4-8-28/h1-10H,11-27H2. The van der Waals surface area contributed by atoms with Crippen molar-refractivity contribution < 1.29 is 52.2 Å². The van der Waals surface area contributed by atoms with Gasteiger partial charge in [0.1, 0.15) is 6.61 Å². The molecule has 0 spiro atoms. The Morgan fingerprint density at radius 2 is 0.738 bits per heavy atom. The van der Waals surface area contributed by atoms with Crippen molar-refractivity contribution >= 4 is 11.8 Å². The first-order valence-electron chi connectivity index (χ1n) is 14.2. The molecule has 0 aromatic heterocycles. The SMILES string of the molecule is O=C(OCCOCCOCCOCCOCCOCCOCCOCCOCc1ccccc1)C(=O)c1ccccc1. The summed E-state index contributed by atoms with van der Waals surface area (Å²) in [6.07, 6.45) is 0. The summed E-state index contributed by atoms with van der Waals surface area (Å²) in [4.78, 5) is 23.6. The minimum absolute atomic E-state index is 0.00173. The highest BCUT2D eigenvalue weighted by Crippen LogP contribution is 2.02. The predicted octanol–water partition coefficient (Wildman–Crippen LogP) is 2.75. The molecule has 11 nitrogen and oxygen atoms in total. The number of carbonyl (C=O) groups excluding carboxylic acids is 2. The molecule has 0 fully saturated rings. The summed E-state index contributed by atoms with van der Waals surface area (Å²) in [5, 5.41) is 0. The summed E-state index contributed by atoms with van der Waals surface area (Å²) in [6, 6.07) is 18.3. The maximum absolute atomic E-state index is 11.9. The first-order chi connectivity index (χ1) is 20.8. The number of benzene rings is 2. The molecular formula is C31H44O11. The van der Waals surface area contributed by atoms with Gasteiger partial charge >= 0.3 is 5.97 Å². The van der Waals surface area contributed by atoms with Crippen molar-refractivity contribution in [1.82, 2.24) is 0 Å². The second-order valence-electron chi connectivity index (χ2n) is 8.66. The van der Waals surface area contributed by atoms with Crippen molar-refractivity contribution in [2.24, 2.45) is 0 Å². The lowest BCUT2D eigenvalue weighted by atomic mass is 10.1. The molecule has 11 heteroatoms. The molecule has 0 aliphatic heterocycles. The maximum atomic E-state index is 11.9. The molecule has 0 heterocycles. The van der Waals surface area contributed by atoms with Crippen LogP contribution < -0.4 is 0 Å². The molecule has 0 aliphatic carbocycles. The van der Waals surface area contributed by atoms with E-state index in [2.05, 4.69) is 0 Å². The lowest BCUT2D eigenvalue weighted by molar-refractivity contribution is -0.139. The van der Waals surface area contributed by atoms with Gasteiger partial charge in [0.15, 0.2) is 0 Å². The highest BCUT2D eigenvalue weighted by Gasteiger charge is 2.17. The maximum Gasteiger partial charge on any atom is 0.379 e. The molecule has 2 aromatic rings. The molecule has 0 radical (unpaired) electrons. The second-order valence-corrected chi connectivity index (χ2v) is 8.66. The van der Waals surface area contributed by atoms with Crippen LogP contribution in [0.1, 0.15) is 15.9 Å². The number of carbonyl (C=O) groups is 2. The first kappa shape index (κ1) is 35.5. The van der Waals surface area contributed by atoms with Crippen LogP contribution in [0.2, 0.25) is 0 Å². The summed E-state index contributed by atoms with van der Waals surface area (Å²) in [7, 11) is 0. The van der Waals surface area contributed by atoms with E-state index in [-0.39, 0.29) is 13.2 Å². The van der Waals surface area contributed by atoms with Gasteiger partial charge in [0.05, 0.1) is 106 Å². The first-order valence-corrected chi connectivity index (χ1v) is 14.2. The smallest absolute Gasteiger partial charge is 0.379 e. The van der Waals surface area contributed by atoms with Crippen LogP contribution in [0.5, 0.6) is 0 Å². The Kier molecular flexibility index (Phi) is 21.9. The fourth-order valence-corrected chi connectivity index (χ4v) is 3.27. The molecule has 0 N–H and O–H groups in total. The minimum atomic E-state index is -0.894. The average Bonchev–Trinajstić information content (AvgIpc) is 3.03. The minimum Gasteiger partial charge on any atom is -0.457 e. The molecule has 42 heavy (non-hydrogen) atoms. The summed E-state index contributed by atoms with van der Waals surface area (Å²) < 4.78 is 48.5. The third kappa shape index (κ3) is 19.4. The summed E-state index contributed by atoms with van der Waals surface area (Å²) in [5.41, 5.74) is 1.45. The van der Waals surface area contributed by atoms with Crippen LogP contribution >= 0.6 is 0 Å². The van der Waals surface area contributed by atoms with Crippen molar-refractivity contribution in [2.75, 3.05) is 106 Å². The molecule has 0 amide bonds. The van der Waals surface area contributed by atoms with Gasteiger partial charge < -0.3 is 42.6 Å². The van der Waals surface area contributed by atoms with E-state index in [0.29, 0.717) is 105 Å². The number of hydrogen-bond donors (Lipinski definition) is 0. The molecule has 0 saturated carbocycles. The van der Waals surface area contributed by atoms with Gasteiger partial charge in [0.2, 0.25) is 0 Å². The predicted molar refractivity (Wildman–Crippen MR) is 154 cm³/mol. The molecule has 2 aromatic carbocycles. The lowest BCUT2D eigenvalue weighted by Crippen LogP contribution is -2.20. The zero-order chi connectivity index (χ0) is 29.8. The van der Waals surface area contributed by atoms with Gasteiger partial charge in [-0.15, -0.1) is 0 Å². The van der Waals surface area contributed by atoms with Crippen molar-refractivity contribution in [3.8, 4) is 0 Å². The van der Waals surface area contributed by atoms with Crippen LogP contribution in [0.3, 0.4) is 0 Å². The second kappa shape index (κ2) is 25.9. The van der Waals surface area contributed by atoms with E-state index in [1.165, 1.54) is 0 Å². The number of ether oxygens (including phenoxy) is 9. The summed E-state index contributed by atoms with van der Waals surface area (Å²) >= 11 is 0. The molecule has 0 atom stereocenters. The van der Waals surface area contributed by atoms with E-state index in [9.17, 15) is 9.59 Å². The fourth-order valence-electron chi connectivity index (χ4n) is 3.27. The molecule has 234 valence electrons. The van der Waals surface area contributed by atoms with E-state index in [1.807, 2.05) is 30.3 Å². The highest BCUT2D eigenvalue weighted by atomic mass is 16.6. The Hall–Kier alpha value is -2.74. The van der Waals surface area contributed by atoms with E-state index < -0.39 is 11.8 Å². The fraction of sp³-hybridized carbons (Fsp3) is 0.548. The molecule has 0 aliphatic rings. The van der Waals surface area contributed by atoms with Gasteiger partial charge in [-0.1, -0.05) is 60.7 Å². The normalized spacial score (nSPS) is 11.0. The molecule has 0 saturated heterocycles. The van der Waals surface area contributed by atoms with Crippen LogP contribution in [0, 0.1) is 0 Å². The summed E-state index contributed by atoms with van der Waals surface area (Å²) in [6.45, 7) is 7.43. The molecular weight excluding hydrogens is 548 g/mol. The Morgan fingerprint density at radius 3 is 1.14 bits per heavy atom. The highest BCUT2D eigenvalue weighted by molar-refractivity contribution is 6.40. The van der Waals surface area contributed by atoms with Gasteiger partial charge in [-0.2, -0.15) is 0 Å². The Labute approximate surface area is 248 Å². The lowest BCUT2D eigenvalue weighted by Gasteiger charge is -2.09. The monoisotopic (exact) mass is 592 g/mol. The van der Waals surface area contributed by atoms with Crippen LogP contribution in [-0.2, 0) is 54.0 Å². The van der Waals surface area contributed by atoms with Crippen LogP contribution in [-0.4, -0.2) is 117 Å². The molecule has 0 unspecified atom stereocenters. The topological polar surface area (TPSA) is 117 Å². The summed E-state index contributed by atoms with van der Waals surface area (Å²) in [5.74, 6) is -1.57. The molecule has 2 rings (SSSR count). The van der Waals surface area contributed by atoms with Gasteiger partial charge in [-0.25, -0.2) is 4.79 Å². The Morgan fingerprint density at radius 1 is 0.405 bits per heavy atom. The Bertz CT molecular complexity index is 912. The zero-order valence-electron chi connectivity index (χ0n) is 24.3. The van der Waals surface area contributed by atoms with E-state index >= 15 is 0 Å². The molecule has 0 bridgehead atoms. The van der Waals surface area contributed by atoms with Crippen LogP contribution in [0.15, 0.2) is 60.7 Å². The van der Waals surface area contributed by atoms with E-state index in [0.717, 1.165) is 5.56 Å². The number of esters is 1. The van der Waals surface area contributed by atoms with Crippen molar-refractivity contribution in [1.29, 1.82) is 0 Å². The average molecular weight is 593 g/mol. The third-order valence-electron chi connectivity index (χ3n) is 5.40. The number of rotatable bonds is 28. The number of ketones is 1. The van der Waals surface area contributed by atoms with Crippen LogP contribution in [0.25, 0.3) is 0 Å². The van der Waals surface area contributed by atoms with Crippen molar-refractivity contribution in [3.63, 3.8) is 0 Å². The van der Waals surface area contributed by atoms with E-state index in [1.54, 1.807) is 30.3 Å². The van der Waals surface area contributed by atoms with Crippen molar-refractivity contribution in [3.05, 3.63) is 71.8 Å². The van der Waals surface area contributed by atoms with Gasteiger partial charge in [0.25, 0.3) is 5.78 Å². The van der Waals surface area contributed by atoms with Crippen LogP contribution in [0.4, 0.5) is 0 Å². The van der Waals surface area contributed by atoms with Crippen molar-refractivity contribution in [2.45, 2.75) is 6.61 Å². The quantitative estimate of drug-likeness (QED) is 0.0628. The van der Waals surface area contributed by atoms with Gasteiger partial charge in [-0.05, 0) is 5.56 Å². The number of Topliss-reactive ketones (excluding diaryl/α,β-unsaturated/α-hetero) is 1. The largest absolute Gasteiger partial charge is 0.457 e. The van der Waals surface area contributed by atoms with E-state index in [4.69, 9.17) is 42.6 Å². The number of hydrogen-bond acceptors (Lipinski definition) is 11. The van der Waals surface area contributed by atoms with Gasteiger partial charge in [0, 0.05) is 5.56 Å². The Balaban J connectivity index is 1.20. The third-order valence-corrected chi connectivity index (χ3v) is 5.40.